The van der Waals surface area contributed by atoms with E-state index >= 15 is 0 Å². The van der Waals surface area contributed by atoms with Crippen LogP contribution in [0.25, 0.3) is 11.1 Å². The van der Waals surface area contributed by atoms with E-state index in [1.54, 1.807) is 0 Å². The molecule has 1 fully saturated rings. The van der Waals surface area contributed by atoms with Gasteiger partial charge >= 0.3 is 0 Å². The number of pyridine rings is 1. The predicted octanol–water partition coefficient (Wildman–Crippen LogP) is 3.15. The van der Waals surface area contributed by atoms with E-state index in [-0.39, 0.29) is 17.9 Å². The number of nitrogens with zero attached hydrogens (tertiary/aromatic N) is 2. The second-order valence-corrected chi connectivity index (χ2v) is 10.1. The number of carbonyl (C=O) groups excluding carboxylic acids is 1. The van der Waals surface area contributed by atoms with Gasteiger partial charge in [-0.1, -0.05) is 0 Å². The lowest BCUT2D eigenvalue weighted by Gasteiger charge is -2.46. The molecule has 0 spiro atoms. The number of aromatic nitrogens is 1. The van der Waals surface area contributed by atoms with Crippen LogP contribution in [0, 0.1) is 11.6 Å². The molecule has 0 saturated carbocycles. The van der Waals surface area contributed by atoms with Gasteiger partial charge in [0, 0.05) is 31.1 Å². The van der Waals surface area contributed by atoms with Gasteiger partial charge in [0.25, 0.3) is 5.91 Å². The van der Waals surface area contributed by atoms with Crippen molar-refractivity contribution in [3.8, 4) is 11.1 Å². The van der Waals surface area contributed by atoms with Gasteiger partial charge in [0.05, 0.1) is 23.4 Å². The summed E-state index contributed by atoms with van der Waals surface area (Å²) in [5, 5.41) is 11.2. The fourth-order valence-electron chi connectivity index (χ4n) is 5.04. The summed E-state index contributed by atoms with van der Waals surface area (Å²) in [7, 11) is 0. The third-order valence-electron chi connectivity index (χ3n) is 6.57. The maximum Gasteiger partial charge on any atom is 0.267 e. The van der Waals surface area contributed by atoms with Crippen LogP contribution in [0.1, 0.15) is 55.9 Å². The fraction of sp³-hybridized carbons (Fsp3) is 0.500. The Balaban J connectivity index is 1.79. The van der Waals surface area contributed by atoms with E-state index in [0.29, 0.717) is 37.2 Å². The largest absolute Gasteiger partial charge is 0.386 e. The van der Waals surface area contributed by atoms with Crippen LogP contribution in [-0.2, 0) is 16.7 Å². The van der Waals surface area contributed by atoms with E-state index in [1.165, 1.54) is 18.2 Å². The Morgan fingerprint density at radius 3 is 2.53 bits per heavy atom. The van der Waals surface area contributed by atoms with Crippen molar-refractivity contribution >= 4 is 5.91 Å². The molecule has 0 bridgehead atoms. The number of hydrogen-bond donors (Lipinski definition) is 2. The zero-order chi connectivity index (χ0) is 23.5. The summed E-state index contributed by atoms with van der Waals surface area (Å²) < 4.78 is 33.9. The number of β-amino-alcohol motifs (C(OH)–C–C–N with tert-alkyl or cyclic N) is 1. The lowest BCUT2D eigenvalue weighted by Crippen LogP contribution is -2.54. The predicted molar refractivity (Wildman–Crippen MR) is 116 cm³/mol. The summed E-state index contributed by atoms with van der Waals surface area (Å²) in [6, 6.07) is 4.85. The van der Waals surface area contributed by atoms with Gasteiger partial charge in [-0.3, -0.25) is 9.69 Å². The van der Waals surface area contributed by atoms with Crippen LogP contribution in [0.5, 0.6) is 0 Å². The Morgan fingerprint density at radius 2 is 1.94 bits per heavy atom. The molecule has 0 unspecified atom stereocenters. The van der Waals surface area contributed by atoms with Gasteiger partial charge in [-0.25, -0.2) is 13.8 Å². The molecule has 2 aliphatic rings. The molecule has 4 rings (SSSR count). The average molecular weight is 446 g/mol. The molecule has 0 radical (unpaired) electrons. The second kappa shape index (κ2) is 7.57. The van der Waals surface area contributed by atoms with Crippen LogP contribution in [-0.4, -0.2) is 51.8 Å². The van der Waals surface area contributed by atoms with Gasteiger partial charge in [-0.15, -0.1) is 0 Å². The standard InChI is InChI=1S/C24H29F2N3O3/c1-22(2)11-24(31,13-32-22)12-29-8-7-16-17(15-6-5-14(25)9-18(15)26)10-19(21(27)30)28-20(16)23(29,3)4/h5-6,9-10,31H,7-8,11-13H2,1-4H3,(H2,27,30)/t24-/m1/s1. The molecule has 3 heterocycles. The highest BCUT2D eigenvalue weighted by molar-refractivity contribution is 5.92. The summed E-state index contributed by atoms with van der Waals surface area (Å²) in [5.41, 5.74) is 5.53. The number of rotatable bonds is 4. The summed E-state index contributed by atoms with van der Waals surface area (Å²) in [5.74, 6) is -2.12. The number of amides is 1. The van der Waals surface area contributed by atoms with Crippen molar-refractivity contribution in [2.45, 2.75) is 57.3 Å². The molecule has 2 aromatic rings. The maximum atomic E-state index is 14.7. The van der Waals surface area contributed by atoms with Crippen molar-refractivity contribution in [3.05, 3.63) is 52.9 Å². The van der Waals surface area contributed by atoms with Gasteiger partial charge in [0.15, 0.2) is 0 Å². The van der Waals surface area contributed by atoms with Crippen LogP contribution < -0.4 is 5.73 Å². The monoisotopic (exact) mass is 445 g/mol. The summed E-state index contributed by atoms with van der Waals surface area (Å²) in [4.78, 5) is 18.7. The lowest BCUT2D eigenvalue weighted by atomic mass is 9.82. The van der Waals surface area contributed by atoms with Crippen LogP contribution in [0.2, 0.25) is 0 Å². The fourth-order valence-corrected chi connectivity index (χ4v) is 5.04. The molecular weight excluding hydrogens is 416 g/mol. The summed E-state index contributed by atoms with van der Waals surface area (Å²) in [6.07, 6.45) is 1.03. The highest BCUT2D eigenvalue weighted by atomic mass is 19.1. The highest BCUT2D eigenvalue weighted by Crippen LogP contribution is 2.42. The molecule has 1 aromatic carbocycles. The molecule has 0 aliphatic carbocycles. The van der Waals surface area contributed by atoms with E-state index in [2.05, 4.69) is 9.88 Å². The number of hydrogen-bond acceptors (Lipinski definition) is 5. The third kappa shape index (κ3) is 4.02. The Labute approximate surface area is 186 Å². The topological polar surface area (TPSA) is 88.7 Å². The first-order valence-corrected chi connectivity index (χ1v) is 10.7. The van der Waals surface area contributed by atoms with Crippen LogP contribution in [0.15, 0.2) is 24.3 Å². The van der Waals surface area contributed by atoms with Crippen molar-refractivity contribution < 1.29 is 23.4 Å². The number of benzene rings is 1. The lowest BCUT2D eigenvalue weighted by molar-refractivity contribution is -0.0389. The van der Waals surface area contributed by atoms with E-state index < -0.39 is 34.3 Å². The molecule has 3 N–H and O–H groups in total. The van der Waals surface area contributed by atoms with Crippen molar-refractivity contribution in [2.75, 3.05) is 19.7 Å². The van der Waals surface area contributed by atoms with Gasteiger partial charge < -0.3 is 15.6 Å². The molecule has 32 heavy (non-hydrogen) atoms. The Bertz CT molecular complexity index is 1090. The molecule has 1 aromatic heterocycles. The zero-order valence-electron chi connectivity index (χ0n) is 18.8. The molecule has 2 aliphatic heterocycles. The summed E-state index contributed by atoms with van der Waals surface area (Å²) >= 11 is 0. The summed E-state index contributed by atoms with van der Waals surface area (Å²) in [6.45, 7) is 9.01. The first-order valence-electron chi connectivity index (χ1n) is 10.7. The highest BCUT2D eigenvalue weighted by Gasteiger charge is 2.47. The van der Waals surface area contributed by atoms with E-state index in [0.717, 1.165) is 11.6 Å². The van der Waals surface area contributed by atoms with Gasteiger partial charge in [0.2, 0.25) is 0 Å². The molecule has 1 amide bonds. The van der Waals surface area contributed by atoms with Crippen LogP contribution in [0.4, 0.5) is 8.78 Å². The number of halogens is 2. The Kier molecular flexibility index (Phi) is 5.39. The minimum Gasteiger partial charge on any atom is -0.386 e. The minimum absolute atomic E-state index is 0.0152. The molecular formula is C24H29F2N3O3. The van der Waals surface area contributed by atoms with Gasteiger partial charge in [-0.05, 0) is 63.4 Å². The molecule has 172 valence electrons. The number of nitrogens with two attached hydrogens (primary N) is 1. The Morgan fingerprint density at radius 1 is 1.22 bits per heavy atom. The van der Waals surface area contributed by atoms with Gasteiger partial charge in [-0.2, -0.15) is 0 Å². The number of primary amides is 1. The quantitative estimate of drug-likeness (QED) is 0.755. The maximum absolute atomic E-state index is 14.7. The molecule has 1 atom stereocenters. The average Bonchev–Trinajstić information content (AvgIpc) is 2.96. The number of fused-ring (bicyclic) bond motifs is 1. The normalized spacial score (nSPS) is 24.3. The zero-order valence-corrected chi connectivity index (χ0v) is 18.8. The van der Waals surface area contributed by atoms with E-state index in [1.807, 2.05) is 27.7 Å². The Hall–Kier alpha value is -2.42. The smallest absolute Gasteiger partial charge is 0.267 e. The minimum atomic E-state index is -1.01. The first kappa shape index (κ1) is 22.8. The van der Waals surface area contributed by atoms with Gasteiger partial charge in [0.1, 0.15) is 22.9 Å². The van der Waals surface area contributed by atoms with E-state index in [9.17, 15) is 18.7 Å². The number of aliphatic hydroxyl groups is 1. The second-order valence-electron chi connectivity index (χ2n) is 10.1. The van der Waals surface area contributed by atoms with Crippen molar-refractivity contribution in [1.29, 1.82) is 0 Å². The van der Waals surface area contributed by atoms with Crippen LogP contribution >= 0.6 is 0 Å². The number of carbonyl (C=O) groups is 1. The SMILES string of the molecule is CC1(C)C[C@@](O)(CN2CCc3c(-c4ccc(F)cc4F)cc(C(N)=O)nc3C2(C)C)CO1. The molecule has 8 heteroatoms. The van der Waals surface area contributed by atoms with E-state index in [4.69, 9.17) is 10.5 Å². The number of ether oxygens (including phenoxy) is 1. The van der Waals surface area contributed by atoms with Crippen molar-refractivity contribution in [1.82, 2.24) is 9.88 Å². The van der Waals surface area contributed by atoms with Crippen LogP contribution in [0.3, 0.4) is 0 Å². The van der Waals surface area contributed by atoms with Crippen molar-refractivity contribution in [2.24, 2.45) is 5.73 Å². The molecule has 1 saturated heterocycles. The molecule has 6 nitrogen and oxygen atoms in total. The first-order chi connectivity index (χ1) is 14.8. The third-order valence-corrected chi connectivity index (χ3v) is 6.57. The van der Waals surface area contributed by atoms with Crippen molar-refractivity contribution in [3.63, 3.8) is 0 Å².